The predicted molar refractivity (Wildman–Crippen MR) is 602 cm³/mol. The second-order valence-electron chi connectivity index (χ2n) is 39.0. The topological polar surface area (TPSA) is 134 Å². The molecule has 6 aromatic heterocycles. The van der Waals surface area contributed by atoms with Crippen LogP contribution in [0, 0.1) is 53.4 Å². The average molecular weight is 1990 g/mol. The fourth-order valence-corrected chi connectivity index (χ4v) is 18.8. The van der Waals surface area contributed by atoms with Crippen molar-refractivity contribution in [1.82, 2.24) is 0 Å². The smallest absolute Gasteiger partial charge is 0.220 e. The second-order valence-corrected chi connectivity index (χ2v) is 39.0. The maximum Gasteiger partial charge on any atom is 0.220 e. The van der Waals surface area contributed by atoms with E-state index >= 15 is 0 Å². The standard InChI is InChI=1S/C25H32NO2.2C23H28NO2.C21H24NO2.C19H18NO2.C19H20NO2/c1-17(2)15-27-21-13-22(19(5)25(14-21)28-16-18(3)4)24-12-11-20-9-7-8-10-23(20)26(24)6;1-15(2)25-19-13-20(17(5)23(14-19)26-16(3)4)22-12-11-18-9-7-8-10-21(18)24(22)6;1-5-13-25-19-15-20(17(3)23(16-19)26-14-6-2)22-12-11-18-9-7-8-10-21(18)24(22)4;1-5-23-17-13-18(15(3)21(14-17)24-6-2)20-12-11-16-9-7-8-10-19(16)22(20)4;1-13-11-17-18(22-10-9-21-17)12-16(13)19-15-6-4-3-5-14(15)7-8-20(19)2;1-13-16(11-15(21-3)12-19(13)22-4)18-10-9-14-7-5-6-8-17(14)20(18)2/h7-14,17-18H,15-16H2,1-6H3;7-16H,1-6H3;7-12,15-16H,5-6,13-14H2,1-4H3;7-14H,5-6H2,1-4H3;3-8,11-12H,9-10H2,1-2H3;5-12H,1-4H3/q6*+1. The van der Waals surface area contributed by atoms with E-state index in [9.17, 15) is 0 Å². The highest BCUT2D eigenvalue weighted by Crippen LogP contribution is 2.43. The minimum Gasteiger partial charge on any atom is -0.497 e. The van der Waals surface area contributed by atoms with Crippen molar-refractivity contribution in [2.75, 3.05) is 67.1 Å². The number of hydrogen-bond donors (Lipinski definition) is 0. The Morgan fingerprint density at radius 2 is 0.615 bits per heavy atom. The Kier molecular flexibility index (Phi) is 37.1. The molecule has 0 amide bonds. The van der Waals surface area contributed by atoms with Gasteiger partial charge in [-0.15, -0.1) is 0 Å². The Morgan fingerprint density at radius 1 is 0.284 bits per heavy atom. The summed E-state index contributed by atoms with van der Waals surface area (Å²) in [5, 5.41) is 8.63. The zero-order valence-corrected chi connectivity index (χ0v) is 91.7. The van der Waals surface area contributed by atoms with Gasteiger partial charge in [-0.25, -0.2) is 4.57 Å². The molecule has 0 unspecified atom stereocenters. The first-order valence-corrected chi connectivity index (χ1v) is 52.0. The SMILES string of the molecule is CCCOc1cc(OCCC)c(C)c(-c2ccc3ccccc3[n+]2C)c1.CCOc1cc(OCC)c(C)c(-c2ccc3ccccc3[n+]2C)c1.COc1cc(OC)c(C)c(-c2ccc3ccccc3[n+]2C)c1.Cc1c(OC(C)C)cc(OC(C)C)cc1-c1ccc2ccccc2[n+]1C.Cc1c(OCC(C)C)cc(OCC(C)C)cc1-c1ccc2ccccc2[n+]1C.Cc1cc2c(cc1-c1c3ccccc3cc[n+]1C)OCCO2. The van der Waals surface area contributed by atoms with E-state index in [1.807, 2.05) is 71.9 Å². The summed E-state index contributed by atoms with van der Waals surface area (Å²) in [6.45, 7) is 43.0. The molecule has 0 atom stereocenters. The molecule has 0 saturated heterocycles. The molecule has 0 bridgehead atoms. The average Bonchev–Trinajstić information content (AvgIpc) is 0.776. The zero-order valence-electron chi connectivity index (χ0n) is 91.7. The van der Waals surface area contributed by atoms with Crippen molar-refractivity contribution in [1.29, 1.82) is 0 Å². The van der Waals surface area contributed by atoms with Gasteiger partial charge in [0.15, 0.2) is 17.7 Å². The second kappa shape index (κ2) is 50.7. The molecule has 18 aromatic rings. The molecule has 0 aliphatic carbocycles. The maximum absolute atomic E-state index is 6.15. The first kappa shape index (κ1) is 108. The largest absolute Gasteiger partial charge is 0.497 e. The lowest BCUT2D eigenvalue weighted by atomic mass is 9.99. The van der Waals surface area contributed by atoms with Gasteiger partial charge in [-0.3, -0.25) is 0 Å². The number of nitrogens with zero attached hydrogens (tertiary/aromatic N) is 6. The van der Waals surface area contributed by atoms with Gasteiger partial charge in [0.1, 0.15) is 113 Å². The fourth-order valence-electron chi connectivity index (χ4n) is 18.8. The van der Waals surface area contributed by atoms with E-state index in [0.29, 0.717) is 64.7 Å². The highest BCUT2D eigenvalue weighted by molar-refractivity contribution is 5.94. The van der Waals surface area contributed by atoms with Crippen LogP contribution in [0.3, 0.4) is 0 Å². The number of aryl methyl sites for hydroxylation is 7. The van der Waals surface area contributed by atoms with Crippen LogP contribution in [0.5, 0.6) is 69.0 Å². The predicted octanol–water partition coefficient (Wildman–Crippen LogP) is 27.6. The van der Waals surface area contributed by atoms with Crippen molar-refractivity contribution in [2.45, 2.75) is 150 Å². The van der Waals surface area contributed by atoms with E-state index in [4.69, 9.17) is 56.8 Å². The van der Waals surface area contributed by atoms with Crippen molar-refractivity contribution in [3.63, 3.8) is 0 Å². The van der Waals surface area contributed by atoms with E-state index in [-0.39, 0.29) is 12.2 Å². The monoisotopic (exact) mass is 1990 g/mol. The van der Waals surface area contributed by atoms with Crippen molar-refractivity contribution in [3.8, 4) is 137 Å². The maximum atomic E-state index is 6.15. The van der Waals surface area contributed by atoms with Crippen molar-refractivity contribution in [2.24, 2.45) is 54.1 Å². The van der Waals surface area contributed by atoms with Gasteiger partial charge < -0.3 is 56.8 Å². The summed E-state index contributed by atoms with van der Waals surface area (Å²) in [5.41, 5.74) is 26.7. The molecule has 0 fully saturated rings. The Hall–Kier alpha value is -15.3. The van der Waals surface area contributed by atoms with Gasteiger partial charge in [0.25, 0.3) is 0 Å². The molecule has 1 aliphatic heterocycles. The quantitative estimate of drug-likeness (QED) is 0.0432. The van der Waals surface area contributed by atoms with E-state index in [0.717, 1.165) is 166 Å². The number of benzene rings is 12. The van der Waals surface area contributed by atoms with Crippen LogP contribution >= 0.6 is 0 Å². The molecule has 18 heteroatoms. The zero-order chi connectivity index (χ0) is 106. The summed E-state index contributed by atoms with van der Waals surface area (Å²) >= 11 is 0. The molecular weight excluding hydrogens is 1840 g/mol. The molecule has 148 heavy (non-hydrogen) atoms. The number of ether oxygens (including phenoxy) is 12. The third-order valence-electron chi connectivity index (χ3n) is 26.5. The number of rotatable bonds is 28. The molecule has 18 nitrogen and oxygen atoms in total. The Labute approximate surface area is 876 Å². The summed E-state index contributed by atoms with van der Waals surface area (Å²) in [4.78, 5) is 0. The van der Waals surface area contributed by atoms with Crippen molar-refractivity contribution < 1.29 is 84.2 Å². The first-order chi connectivity index (χ1) is 71.4. The lowest BCUT2D eigenvalue weighted by molar-refractivity contribution is -0.659. The first-order valence-electron chi connectivity index (χ1n) is 52.0. The summed E-state index contributed by atoms with van der Waals surface area (Å²) in [6, 6.07) is 99.1. The number of hydrogen-bond acceptors (Lipinski definition) is 12. The minimum atomic E-state index is 0.112. The molecule has 0 saturated carbocycles. The summed E-state index contributed by atoms with van der Waals surface area (Å²) in [6.07, 6.45) is 4.30. The van der Waals surface area contributed by atoms with Crippen molar-refractivity contribution >= 4 is 65.3 Å². The minimum absolute atomic E-state index is 0.112. The van der Waals surface area contributed by atoms with Gasteiger partial charge in [-0.2, -0.15) is 22.8 Å². The van der Waals surface area contributed by atoms with Crippen molar-refractivity contribution in [3.05, 3.63) is 325 Å². The lowest BCUT2D eigenvalue weighted by Crippen LogP contribution is -2.32. The van der Waals surface area contributed by atoms with E-state index in [2.05, 4.69) is 414 Å². The summed E-state index contributed by atoms with van der Waals surface area (Å²) < 4.78 is 83.4. The lowest BCUT2D eigenvalue weighted by Gasteiger charge is -2.20. The highest BCUT2D eigenvalue weighted by Gasteiger charge is 2.29. The van der Waals surface area contributed by atoms with Gasteiger partial charge in [-0.1, -0.05) is 120 Å². The van der Waals surface area contributed by atoms with Crippen LogP contribution in [-0.2, 0) is 42.3 Å². The van der Waals surface area contributed by atoms with Crippen LogP contribution in [0.15, 0.2) is 291 Å². The van der Waals surface area contributed by atoms with E-state index in [1.54, 1.807) is 14.2 Å². The molecular formula is C130H150N6O12+6. The van der Waals surface area contributed by atoms with Gasteiger partial charge in [-0.05, 0) is 228 Å². The molecule has 766 valence electrons. The molecule has 12 aromatic carbocycles. The van der Waals surface area contributed by atoms with Gasteiger partial charge in [0, 0.05) is 152 Å². The van der Waals surface area contributed by atoms with Crippen LogP contribution in [0.2, 0.25) is 0 Å². The Bertz CT molecular complexity index is 7700. The fraction of sp³-hybridized carbons (Fsp3) is 0.308. The molecule has 7 heterocycles. The number of methoxy groups -OCH3 is 2. The highest BCUT2D eigenvalue weighted by atomic mass is 16.6. The molecule has 0 spiro atoms. The van der Waals surface area contributed by atoms with Gasteiger partial charge in [0.2, 0.25) is 61.7 Å². The van der Waals surface area contributed by atoms with Crippen LogP contribution < -0.4 is 84.2 Å². The van der Waals surface area contributed by atoms with Crippen LogP contribution in [0.25, 0.3) is 133 Å². The summed E-state index contributed by atoms with van der Waals surface area (Å²) in [7, 11) is 16.0. The number of para-hydroxylation sites is 5. The number of pyridine rings is 6. The molecule has 19 rings (SSSR count). The van der Waals surface area contributed by atoms with E-state index < -0.39 is 0 Å². The Balaban J connectivity index is 0.000000140. The molecule has 1 aliphatic rings. The third-order valence-corrected chi connectivity index (χ3v) is 26.5. The van der Waals surface area contributed by atoms with Crippen LogP contribution in [0.4, 0.5) is 0 Å². The third kappa shape index (κ3) is 25.8. The van der Waals surface area contributed by atoms with E-state index in [1.165, 1.54) is 82.1 Å². The Morgan fingerprint density at radius 3 is 1.01 bits per heavy atom. The van der Waals surface area contributed by atoms with Crippen LogP contribution in [0.1, 0.15) is 129 Å². The van der Waals surface area contributed by atoms with Gasteiger partial charge >= 0.3 is 0 Å². The normalized spacial score (nSPS) is 11.4. The molecule has 0 N–H and O–H groups in total. The van der Waals surface area contributed by atoms with Gasteiger partial charge in [0.05, 0.1) is 105 Å². The number of fused-ring (bicyclic) bond motifs is 7. The summed E-state index contributed by atoms with van der Waals surface area (Å²) in [5.74, 6) is 11.2. The molecule has 0 radical (unpaired) electrons. The number of aromatic nitrogens is 6. The van der Waals surface area contributed by atoms with Crippen LogP contribution in [-0.4, -0.2) is 79.3 Å².